The summed E-state index contributed by atoms with van der Waals surface area (Å²) in [5.41, 5.74) is 0.572. The van der Waals surface area contributed by atoms with Crippen LogP contribution in [0.4, 0.5) is 10.5 Å². The lowest BCUT2D eigenvalue weighted by atomic mass is 9.65. The van der Waals surface area contributed by atoms with Gasteiger partial charge < -0.3 is 25.6 Å². The van der Waals surface area contributed by atoms with Crippen molar-refractivity contribution in [2.24, 2.45) is 5.92 Å². The number of nitrogens with one attached hydrogen (secondary N) is 2. The standard InChI is InChI=1S/C54H52N4O7/c1-3-33-55-49(60)44-46-50(61)65-47(39-21-13-8-14-22-39)45(38-19-11-7-12-20-38)58(46)48(40-24-26-41(59)27-25-40)54(44)42-34-36(29-32-53(64)30-15-4-5-16-31-53)23-28-43(42)57(51(54)62)52(63)56-35(2)37-17-9-6-10-18-37/h3,6-14,17-28,34-35,44-48,59,64H,1,4-5,15-16,30-31,33H2,2H3,(H,55,60)(H,56,63)/t35-,44+,45+,46+,47-,48-,54+/m1/s1. The minimum absolute atomic E-state index is 0.0236. The molecule has 3 heterocycles. The van der Waals surface area contributed by atoms with Gasteiger partial charge in [0.05, 0.1) is 29.7 Å². The fourth-order valence-electron chi connectivity index (χ4n) is 10.6. The van der Waals surface area contributed by atoms with Crippen LogP contribution in [0.25, 0.3) is 0 Å². The molecular formula is C54H52N4O7. The third-order valence-electron chi connectivity index (χ3n) is 13.6. The summed E-state index contributed by atoms with van der Waals surface area (Å²) in [7, 11) is 0. The van der Waals surface area contributed by atoms with E-state index in [1.54, 1.807) is 30.3 Å². The smallest absolute Gasteiger partial charge is 0.329 e. The first-order valence-electron chi connectivity index (χ1n) is 22.4. The molecule has 330 valence electrons. The van der Waals surface area contributed by atoms with Crippen molar-refractivity contribution in [3.05, 3.63) is 179 Å². The number of carbonyl (C=O) groups is 4. The van der Waals surface area contributed by atoms with Crippen molar-refractivity contribution < 1.29 is 34.1 Å². The Kier molecular flexibility index (Phi) is 11.9. The summed E-state index contributed by atoms with van der Waals surface area (Å²) in [6.45, 7) is 5.68. The van der Waals surface area contributed by atoms with Crippen LogP contribution in [0.15, 0.2) is 146 Å². The highest BCUT2D eigenvalue weighted by Gasteiger charge is 2.75. The number of fused-ring (bicyclic) bond motifs is 3. The van der Waals surface area contributed by atoms with Crippen LogP contribution < -0.4 is 15.5 Å². The SMILES string of the molecule is C=CCNC(=O)[C@@H]1[C@H]2C(=O)O[C@H](c3ccccc3)[C@H](c3ccccc3)N2[C@H](c2ccc(O)cc2)[C@@]12C(=O)N(C(=O)N[C@H](C)c1ccccc1)c1ccc(C#CC3(O)CCCCCC3)cc12. The number of hydrogen-bond acceptors (Lipinski definition) is 8. The largest absolute Gasteiger partial charge is 0.508 e. The van der Waals surface area contributed by atoms with E-state index in [-0.39, 0.29) is 18.0 Å². The molecule has 11 heteroatoms. The van der Waals surface area contributed by atoms with E-state index in [4.69, 9.17) is 4.74 Å². The molecule has 4 amide bonds. The Hall–Kier alpha value is -7.00. The van der Waals surface area contributed by atoms with Gasteiger partial charge in [-0.15, -0.1) is 6.58 Å². The molecule has 1 spiro atoms. The zero-order valence-corrected chi connectivity index (χ0v) is 36.2. The molecule has 2 saturated heterocycles. The molecule has 9 rings (SSSR count). The number of anilines is 1. The molecule has 1 saturated carbocycles. The first-order chi connectivity index (χ1) is 31.6. The Morgan fingerprint density at radius 1 is 0.831 bits per heavy atom. The molecule has 5 aromatic rings. The number of morpholine rings is 1. The Morgan fingerprint density at radius 3 is 2.11 bits per heavy atom. The number of benzene rings is 5. The third kappa shape index (κ3) is 7.77. The van der Waals surface area contributed by atoms with E-state index in [2.05, 4.69) is 29.1 Å². The number of aliphatic hydroxyl groups is 1. The summed E-state index contributed by atoms with van der Waals surface area (Å²) in [6.07, 6.45) is 5.38. The van der Waals surface area contributed by atoms with E-state index < -0.39 is 71.0 Å². The minimum atomic E-state index is -2.00. The summed E-state index contributed by atoms with van der Waals surface area (Å²) in [6, 6.07) is 35.3. The fraction of sp³-hybridized carbons (Fsp3) is 0.296. The molecule has 65 heavy (non-hydrogen) atoms. The maximum atomic E-state index is 16.4. The van der Waals surface area contributed by atoms with E-state index in [9.17, 15) is 15.0 Å². The Morgan fingerprint density at radius 2 is 1.46 bits per heavy atom. The number of urea groups is 1. The van der Waals surface area contributed by atoms with Gasteiger partial charge in [0.1, 0.15) is 28.9 Å². The van der Waals surface area contributed by atoms with Crippen LogP contribution in [0, 0.1) is 17.8 Å². The molecule has 4 N–H and O–H groups in total. The van der Waals surface area contributed by atoms with Gasteiger partial charge in [0, 0.05) is 12.1 Å². The van der Waals surface area contributed by atoms with Crippen LogP contribution in [-0.2, 0) is 24.5 Å². The van der Waals surface area contributed by atoms with Crippen molar-refractivity contribution >= 4 is 29.5 Å². The van der Waals surface area contributed by atoms with Crippen molar-refractivity contribution in [3.63, 3.8) is 0 Å². The average Bonchev–Trinajstić information content (AvgIpc) is 3.66. The number of carbonyl (C=O) groups excluding carboxylic acids is 4. The maximum Gasteiger partial charge on any atom is 0.329 e. The number of amides is 4. The molecule has 3 fully saturated rings. The van der Waals surface area contributed by atoms with Crippen molar-refractivity contribution in [2.45, 2.75) is 86.7 Å². The Labute approximate surface area is 379 Å². The molecule has 0 aromatic heterocycles. The van der Waals surface area contributed by atoms with Gasteiger partial charge in [-0.3, -0.25) is 19.3 Å². The second-order valence-electron chi connectivity index (χ2n) is 17.5. The van der Waals surface area contributed by atoms with Crippen LogP contribution in [0.1, 0.15) is 103 Å². The van der Waals surface area contributed by atoms with Gasteiger partial charge in [-0.05, 0) is 90.8 Å². The predicted octanol–water partition coefficient (Wildman–Crippen LogP) is 8.27. The molecule has 4 aliphatic rings. The predicted molar refractivity (Wildman–Crippen MR) is 246 cm³/mol. The van der Waals surface area contributed by atoms with Gasteiger partial charge in [0.2, 0.25) is 11.8 Å². The fourth-order valence-corrected chi connectivity index (χ4v) is 10.6. The van der Waals surface area contributed by atoms with Crippen LogP contribution in [0.3, 0.4) is 0 Å². The molecule has 0 radical (unpaired) electrons. The monoisotopic (exact) mass is 868 g/mol. The second-order valence-corrected chi connectivity index (χ2v) is 17.5. The zero-order valence-electron chi connectivity index (χ0n) is 36.2. The highest BCUT2D eigenvalue weighted by atomic mass is 16.6. The van der Waals surface area contributed by atoms with Gasteiger partial charge in [0.25, 0.3) is 0 Å². The molecule has 0 bridgehead atoms. The number of phenolic OH excluding ortho intramolecular Hbond substituents is 1. The second kappa shape index (κ2) is 17.9. The number of rotatable bonds is 8. The number of cyclic esters (lactones) is 1. The van der Waals surface area contributed by atoms with Gasteiger partial charge in [-0.2, -0.15) is 0 Å². The van der Waals surface area contributed by atoms with Gasteiger partial charge in [-0.25, -0.2) is 9.69 Å². The van der Waals surface area contributed by atoms with Gasteiger partial charge >= 0.3 is 12.0 Å². The number of aromatic hydroxyl groups is 1. The summed E-state index contributed by atoms with van der Waals surface area (Å²) in [5.74, 6) is 2.81. The number of ether oxygens (including phenoxy) is 1. The molecule has 3 aliphatic heterocycles. The number of nitrogens with zero attached hydrogens (tertiary/aromatic N) is 2. The number of hydrogen-bond donors (Lipinski definition) is 4. The zero-order chi connectivity index (χ0) is 45.3. The summed E-state index contributed by atoms with van der Waals surface area (Å²) >= 11 is 0. The van der Waals surface area contributed by atoms with E-state index in [0.29, 0.717) is 35.1 Å². The third-order valence-corrected chi connectivity index (χ3v) is 13.6. The summed E-state index contributed by atoms with van der Waals surface area (Å²) in [5, 5.41) is 28.3. The lowest BCUT2D eigenvalue weighted by Gasteiger charge is -2.46. The lowest BCUT2D eigenvalue weighted by Crippen LogP contribution is -2.56. The van der Waals surface area contributed by atoms with Crippen LogP contribution in [0.2, 0.25) is 0 Å². The van der Waals surface area contributed by atoms with Crippen molar-refractivity contribution in [3.8, 4) is 17.6 Å². The molecule has 7 atom stereocenters. The molecule has 11 nitrogen and oxygen atoms in total. The highest BCUT2D eigenvalue weighted by molar-refractivity contribution is 6.24. The minimum Gasteiger partial charge on any atom is -0.508 e. The summed E-state index contributed by atoms with van der Waals surface area (Å²) in [4.78, 5) is 64.9. The number of imide groups is 1. The highest BCUT2D eigenvalue weighted by Crippen LogP contribution is 2.66. The van der Waals surface area contributed by atoms with Crippen molar-refractivity contribution in [1.82, 2.24) is 15.5 Å². The lowest BCUT2D eigenvalue weighted by molar-refractivity contribution is -0.178. The Bertz CT molecular complexity index is 2660. The first kappa shape index (κ1) is 43.3. The maximum absolute atomic E-state index is 16.4. The van der Waals surface area contributed by atoms with E-state index in [1.165, 1.54) is 18.2 Å². The summed E-state index contributed by atoms with van der Waals surface area (Å²) < 4.78 is 6.52. The van der Waals surface area contributed by atoms with Crippen molar-refractivity contribution in [1.29, 1.82) is 0 Å². The Balaban J connectivity index is 1.33. The van der Waals surface area contributed by atoms with Gasteiger partial charge in [-0.1, -0.05) is 134 Å². The normalized spacial score (nSPS) is 25.0. The average molecular weight is 869 g/mol. The number of esters is 1. The molecule has 5 aromatic carbocycles. The van der Waals surface area contributed by atoms with E-state index in [1.807, 2.05) is 103 Å². The number of phenols is 1. The topological polar surface area (TPSA) is 149 Å². The van der Waals surface area contributed by atoms with E-state index in [0.717, 1.165) is 41.7 Å². The molecular weight excluding hydrogens is 817 g/mol. The quantitative estimate of drug-likeness (QED) is 0.0528. The van der Waals surface area contributed by atoms with Gasteiger partial charge in [0.15, 0.2) is 0 Å². The molecule has 0 unspecified atom stereocenters. The first-order valence-corrected chi connectivity index (χ1v) is 22.4. The van der Waals surface area contributed by atoms with Crippen molar-refractivity contribution in [2.75, 3.05) is 11.4 Å². The van der Waals surface area contributed by atoms with Crippen LogP contribution in [-0.4, -0.2) is 57.1 Å². The molecule has 1 aliphatic carbocycles. The van der Waals surface area contributed by atoms with Crippen LogP contribution in [0.5, 0.6) is 5.75 Å². The van der Waals surface area contributed by atoms with Crippen LogP contribution >= 0.6 is 0 Å². The van der Waals surface area contributed by atoms with E-state index >= 15 is 14.4 Å².